The number of aromatic amines is 1. The van der Waals surface area contributed by atoms with Crippen LogP contribution in [0.15, 0.2) is 78.8 Å². The van der Waals surface area contributed by atoms with Crippen LogP contribution in [0.5, 0.6) is 5.75 Å². The zero-order valence-electron chi connectivity index (χ0n) is 16.2. The Balaban J connectivity index is 1.85. The first-order valence-corrected chi connectivity index (χ1v) is 9.37. The van der Waals surface area contributed by atoms with Crippen molar-refractivity contribution in [1.29, 1.82) is 0 Å². The number of pyridine rings is 2. The van der Waals surface area contributed by atoms with Gasteiger partial charge in [0.1, 0.15) is 11.8 Å². The normalized spacial score (nSPS) is 17.9. The van der Waals surface area contributed by atoms with Gasteiger partial charge in [-0.2, -0.15) is 0 Å². The predicted molar refractivity (Wildman–Crippen MR) is 105 cm³/mol. The van der Waals surface area contributed by atoms with Crippen LogP contribution in [0, 0.1) is 0 Å². The lowest BCUT2D eigenvalue weighted by Gasteiger charge is -2.26. The number of hydrogen-bond donors (Lipinski definition) is 0. The van der Waals surface area contributed by atoms with E-state index in [1.165, 1.54) is 12.0 Å². The highest BCUT2D eigenvalue weighted by Crippen LogP contribution is 2.38. The van der Waals surface area contributed by atoms with Crippen LogP contribution in [0.3, 0.4) is 0 Å². The van der Waals surface area contributed by atoms with Crippen LogP contribution in [0.25, 0.3) is 5.76 Å². The Bertz CT molecular complexity index is 1110. The van der Waals surface area contributed by atoms with Crippen molar-refractivity contribution in [2.75, 3.05) is 7.11 Å². The summed E-state index contributed by atoms with van der Waals surface area (Å²) in [6, 6.07) is 14.5. The number of carbonyl (C=O) groups is 2. The number of nitrogens with one attached hydrogen (secondary N) is 1. The molecule has 0 spiro atoms. The summed E-state index contributed by atoms with van der Waals surface area (Å²) < 4.78 is 5.19. The van der Waals surface area contributed by atoms with E-state index in [0.717, 1.165) is 5.56 Å². The second kappa shape index (κ2) is 8.16. The van der Waals surface area contributed by atoms with Crippen molar-refractivity contribution in [1.82, 2.24) is 9.88 Å². The molecule has 1 fully saturated rings. The molecule has 1 saturated heterocycles. The summed E-state index contributed by atoms with van der Waals surface area (Å²) in [6.07, 6.45) is 5.07. The van der Waals surface area contributed by atoms with Gasteiger partial charge in [-0.15, -0.1) is 0 Å². The first kappa shape index (κ1) is 19.3. The summed E-state index contributed by atoms with van der Waals surface area (Å²) in [5.74, 6) is -1.55. The van der Waals surface area contributed by atoms with Crippen LogP contribution in [-0.4, -0.2) is 28.7 Å². The number of aromatic nitrogens is 2. The lowest BCUT2D eigenvalue weighted by Crippen LogP contribution is -2.30. The van der Waals surface area contributed by atoms with Gasteiger partial charge >= 0.3 is 0 Å². The molecule has 3 heterocycles. The van der Waals surface area contributed by atoms with Crippen molar-refractivity contribution in [3.05, 3.63) is 95.6 Å². The minimum atomic E-state index is -0.870. The van der Waals surface area contributed by atoms with E-state index in [4.69, 9.17) is 4.74 Å². The number of rotatable bonds is 5. The van der Waals surface area contributed by atoms with Gasteiger partial charge in [-0.1, -0.05) is 24.0 Å². The van der Waals surface area contributed by atoms with Gasteiger partial charge in [0.2, 0.25) is 5.78 Å². The highest BCUT2D eigenvalue weighted by atomic mass is 16.5. The molecule has 1 amide bonds. The van der Waals surface area contributed by atoms with E-state index in [9.17, 15) is 14.7 Å². The number of ketones is 1. The number of methoxy groups -OCH3 is 1. The van der Waals surface area contributed by atoms with E-state index < -0.39 is 23.5 Å². The van der Waals surface area contributed by atoms with Gasteiger partial charge in [0, 0.05) is 23.4 Å². The smallest absolute Gasteiger partial charge is 0.295 e. The molecule has 0 saturated carbocycles. The minimum absolute atomic E-state index is 0.105. The van der Waals surface area contributed by atoms with Gasteiger partial charge in [0.25, 0.3) is 5.91 Å². The standard InChI is InChI=1S/C23H19N3O4/c1-30-17-8-4-7-16(12-17)21(27)19-20(18-9-2-3-11-25-18)26(23(29)22(19)28)14-15-6-5-10-24-13-15/h2-13,20,27H,14H2,1H3/b21-19+. The SMILES string of the molecule is COc1cccc(/C([O-])=C2\C(=O)C(=O)N(Cc3ccc[nH+]c3)C2c2ccccn2)c1. The third kappa shape index (κ3) is 3.53. The monoisotopic (exact) mass is 401 g/mol. The first-order chi connectivity index (χ1) is 14.6. The summed E-state index contributed by atoms with van der Waals surface area (Å²) in [7, 11) is 1.50. The van der Waals surface area contributed by atoms with Gasteiger partial charge in [-0.05, 0) is 35.9 Å². The van der Waals surface area contributed by atoms with E-state index in [2.05, 4.69) is 9.97 Å². The van der Waals surface area contributed by atoms with Crippen LogP contribution in [0.2, 0.25) is 0 Å². The molecule has 30 heavy (non-hydrogen) atoms. The summed E-state index contributed by atoms with van der Waals surface area (Å²) >= 11 is 0. The first-order valence-electron chi connectivity index (χ1n) is 9.37. The van der Waals surface area contributed by atoms with Gasteiger partial charge in [-0.25, -0.2) is 4.98 Å². The zero-order valence-corrected chi connectivity index (χ0v) is 16.2. The molecule has 1 aliphatic heterocycles. The van der Waals surface area contributed by atoms with Crippen LogP contribution < -0.4 is 14.8 Å². The fourth-order valence-corrected chi connectivity index (χ4v) is 3.52. The van der Waals surface area contributed by atoms with Gasteiger partial charge in [0.15, 0.2) is 12.4 Å². The van der Waals surface area contributed by atoms with Crippen molar-refractivity contribution in [3.8, 4) is 5.75 Å². The number of carbonyl (C=O) groups excluding carboxylic acids is 2. The van der Waals surface area contributed by atoms with E-state index in [-0.39, 0.29) is 17.7 Å². The average molecular weight is 401 g/mol. The average Bonchev–Trinajstić information content (AvgIpc) is 3.05. The van der Waals surface area contributed by atoms with E-state index in [1.54, 1.807) is 67.1 Å². The number of amides is 1. The fourth-order valence-electron chi connectivity index (χ4n) is 3.52. The lowest BCUT2D eigenvalue weighted by molar-refractivity contribution is -0.378. The molecule has 7 heteroatoms. The molecular formula is C23H19N3O4. The Hall–Kier alpha value is -4.00. The number of H-pyrrole nitrogens is 1. The van der Waals surface area contributed by atoms with Crippen molar-refractivity contribution >= 4 is 17.4 Å². The van der Waals surface area contributed by atoms with E-state index in [1.807, 2.05) is 6.07 Å². The molecule has 1 unspecified atom stereocenters. The summed E-state index contributed by atoms with van der Waals surface area (Å²) in [5.41, 5.74) is 1.44. The molecule has 1 N–H and O–H groups in total. The molecular weight excluding hydrogens is 382 g/mol. The Kier molecular flexibility index (Phi) is 5.26. The summed E-state index contributed by atoms with van der Waals surface area (Å²) in [5, 5.41) is 13.3. The van der Waals surface area contributed by atoms with Crippen LogP contribution >= 0.6 is 0 Å². The Morgan fingerprint density at radius 2 is 2.03 bits per heavy atom. The molecule has 1 aliphatic rings. The molecule has 7 nitrogen and oxygen atoms in total. The Labute approximate surface area is 173 Å². The molecule has 1 atom stereocenters. The largest absolute Gasteiger partial charge is 0.872 e. The third-order valence-corrected chi connectivity index (χ3v) is 4.95. The zero-order chi connectivity index (χ0) is 21.1. The second-order valence-corrected chi connectivity index (χ2v) is 6.81. The Morgan fingerprint density at radius 3 is 2.73 bits per heavy atom. The van der Waals surface area contributed by atoms with Crippen LogP contribution in [0.1, 0.15) is 22.9 Å². The number of Topliss-reactive ketones (excluding diaryl/α,β-unsaturated/α-hetero) is 1. The Morgan fingerprint density at radius 1 is 1.17 bits per heavy atom. The number of nitrogens with zero attached hydrogens (tertiary/aromatic N) is 2. The van der Waals surface area contributed by atoms with Crippen molar-refractivity contribution in [2.24, 2.45) is 0 Å². The van der Waals surface area contributed by atoms with Gasteiger partial charge in [-0.3, -0.25) is 14.6 Å². The van der Waals surface area contributed by atoms with E-state index >= 15 is 0 Å². The summed E-state index contributed by atoms with van der Waals surface area (Å²) in [6.45, 7) is 0.165. The van der Waals surface area contributed by atoms with Gasteiger partial charge in [0.05, 0.1) is 19.3 Å². The fraction of sp³-hybridized carbons (Fsp3) is 0.130. The molecule has 0 aliphatic carbocycles. The topological polar surface area (TPSA) is 96.7 Å². The number of likely N-dealkylation sites (tertiary alicyclic amines) is 1. The minimum Gasteiger partial charge on any atom is -0.872 e. The molecule has 0 radical (unpaired) electrons. The van der Waals surface area contributed by atoms with Gasteiger partial charge < -0.3 is 14.7 Å². The number of ether oxygens (including phenoxy) is 1. The van der Waals surface area contributed by atoms with Crippen molar-refractivity contribution < 1.29 is 24.4 Å². The molecule has 150 valence electrons. The lowest BCUT2D eigenvalue weighted by atomic mass is 9.98. The summed E-state index contributed by atoms with van der Waals surface area (Å²) in [4.78, 5) is 34.5. The molecule has 3 aromatic rings. The maximum atomic E-state index is 13.3. The second-order valence-electron chi connectivity index (χ2n) is 6.81. The number of hydrogen-bond acceptors (Lipinski definition) is 5. The molecule has 4 rings (SSSR count). The molecule has 1 aromatic carbocycles. The maximum absolute atomic E-state index is 13.3. The highest BCUT2D eigenvalue weighted by Gasteiger charge is 2.45. The van der Waals surface area contributed by atoms with Crippen LogP contribution in [0.4, 0.5) is 0 Å². The number of benzene rings is 1. The predicted octanol–water partition coefficient (Wildman–Crippen LogP) is 1.33. The quantitative estimate of drug-likeness (QED) is 0.365. The maximum Gasteiger partial charge on any atom is 0.295 e. The van der Waals surface area contributed by atoms with Crippen LogP contribution in [-0.2, 0) is 16.1 Å². The van der Waals surface area contributed by atoms with E-state index in [0.29, 0.717) is 11.4 Å². The highest BCUT2D eigenvalue weighted by molar-refractivity contribution is 6.46. The van der Waals surface area contributed by atoms with Crippen molar-refractivity contribution in [2.45, 2.75) is 12.6 Å². The van der Waals surface area contributed by atoms with Crippen molar-refractivity contribution in [3.63, 3.8) is 0 Å². The molecule has 0 bridgehead atoms. The molecule has 2 aromatic heterocycles. The third-order valence-electron chi connectivity index (χ3n) is 4.95.